The van der Waals surface area contributed by atoms with Crippen LogP contribution in [0.3, 0.4) is 0 Å². The summed E-state index contributed by atoms with van der Waals surface area (Å²) in [5, 5.41) is 0. The molecule has 1 fully saturated rings. The summed E-state index contributed by atoms with van der Waals surface area (Å²) in [5.74, 6) is -0.144. The van der Waals surface area contributed by atoms with Gasteiger partial charge in [-0.05, 0) is 26.2 Å². The maximum atomic E-state index is 11.8. The van der Waals surface area contributed by atoms with Crippen molar-refractivity contribution in [3.05, 3.63) is 0 Å². The van der Waals surface area contributed by atoms with E-state index in [1.165, 1.54) is 4.90 Å². The van der Waals surface area contributed by atoms with Crippen LogP contribution in [-0.2, 0) is 9.53 Å². The molecule has 2 amide bonds. The third-order valence-electron chi connectivity index (χ3n) is 2.54. The summed E-state index contributed by atoms with van der Waals surface area (Å²) in [5.41, 5.74) is -0.653. The predicted molar refractivity (Wildman–Crippen MR) is 60.9 cm³/mol. The minimum atomic E-state index is -0.560. The van der Waals surface area contributed by atoms with E-state index in [9.17, 15) is 9.59 Å². The first-order valence-electron chi connectivity index (χ1n) is 5.57. The lowest BCUT2D eigenvalue weighted by atomic mass is 9.79. The van der Waals surface area contributed by atoms with E-state index in [0.29, 0.717) is 6.42 Å². The molecule has 1 saturated heterocycles. The Labute approximate surface area is 96.9 Å². The third kappa shape index (κ3) is 2.74. The predicted octanol–water partition coefficient (Wildman–Crippen LogP) is 2.57. The van der Waals surface area contributed by atoms with Crippen LogP contribution < -0.4 is 0 Å². The largest absolute Gasteiger partial charge is 0.443 e. The van der Waals surface area contributed by atoms with Gasteiger partial charge in [0.15, 0.2) is 0 Å². The second-order valence-corrected chi connectivity index (χ2v) is 6.33. The molecule has 0 aromatic heterocycles. The average Bonchev–Trinajstić information content (AvgIpc) is 1.93. The SMILES string of the molecule is CC(C)(C)OC(=O)N1C(=O)C[C@@H]1C(C)(C)C. The summed E-state index contributed by atoms with van der Waals surface area (Å²) in [6.07, 6.45) is -0.0911. The van der Waals surface area contributed by atoms with Gasteiger partial charge in [0.05, 0.1) is 6.04 Å². The van der Waals surface area contributed by atoms with E-state index in [-0.39, 0.29) is 17.4 Å². The molecular weight excluding hydrogens is 206 g/mol. The first kappa shape index (κ1) is 13.0. The van der Waals surface area contributed by atoms with Crippen LogP contribution in [-0.4, -0.2) is 28.5 Å². The van der Waals surface area contributed by atoms with Gasteiger partial charge in [-0.3, -0.25) is 4.79 Å². The number of ether oxygens (including phenoxy) is 1. The van der Waals surface area contributed by atoms with E-state index in [0.717, 1.165) is 0 Å². The van der Waals surface area contributed by atoms with Crippen molar-refractivity contribution in [2.24, 2.45) is 5.41 Å². The van der Waals surface area contributed by atoms with Crippen LogP contribution in [0.15, 0.2) is 0 Å². The number of β-lactam (4-membered cyclic amide) rings is 1. The summed E-state index contributed by atoms with van der Waals surface area (Å²) in [7, 11) is 0. The molecule has 92 valence electrons. The minimum Gasteiger partial charge on any atom is -0.443 e. The highest BCUT2D eigenvalue weighted by atomic mass is 16.6. The zero-order valence-electron chi connectivity index (χ0n) is 11.0. The number of carbonyl (C=O) groups excluding carboxylic acids is 2. The highest BCUT2D eigenvalue weighted by molar-refractivity contribution is 5.97. The number of rotatable bonds is 0. The van der Waals surface area contributed by atoms with Crippen LogP contribution in [0.2, 0.25) is 0 Å². The van der Waals surface area contributed by atoms with Crippen molar-refractivity contribution in [3.63, 3.8) is 0 Å². The molecule has 1 heterocycles. The molecule has 0 aliphatic carbocycles. The van der Waals surface area contributed by atoms with Gasteiger partial charge < -0.3 is 4.74 Å². The normalized spacial score (nSPS) is 21.8. The number of carbonyl (C=O) groups is 2. The van der Waals surface area contributed by atoms with Gasteiger partial charge >= 0.3 is 6.09 Å². The molecule has 0 spiro atoms. The monoisotopic (exact) mass is 227 g/mol. The molecule has 0 saturated carbocycles. The van der Waals surface area contributed by atoms with E-state index >= 15 is 0 Å². The van der Waals surface area contributed by atoms with Crippen molar-refractivity contribution in [1.82, 2.24) is 4.90 Å². The van der Waals surface area contributed by atoms with E-state index in [1.54, 1.807) is 20.8 Å². The van der Waals surface area contributed by atoms with E-state index in [1.807, 2.05) is 20.8 Å². The van der Waals surface area contributed by atoms with Crippen molar-refractivity contribution in [2.45, 2.75) is 59.6 Å². The molecule has 1 rings (SSSR count). The first-order valence-corrected chi connectivity index (χ1v) is 5.57. The Hall–Kier alpha value is -1.06. The lowest BCUT2D eigenvalue weighted by Crippen LogP contribution is -2.61. The molecule has 0 N–H and O–H groups in total. The molecule has 4 nitrogen and oxygen atoms in total. The Bertz CT molecular complexity index is 309. The summed E-state index contributed by atoms with van der Waals surface area (Å²) < 4.78 is 5.20. The second-order valence-electron chi connectivity index (χ2n) is 6.33. The summed E-state index contributed by atoms with van der Waals surface area (Å²) in [6, 6.07) is -0.0464. The molecular formula is C12H21NO3. The van der Waals surface area contributed by atoms with Crippen LogP contribution in [0.1, 0.15) is 48.0 Å². The zero-order chi connectivity index (χ0) is 12.7. The van der Waals surface area contributed by atoms with Crippen LogP contribution in [0.25, 0.3) is 0 Å². The van der Waals surface area contributed by atoms with E-state index < -0.39 is 11.7 Å². The third-order valence-corrected chi connectivity index (χ3v) is 2.54. The molecule has 0 aromatic carbocycles. The highest BCUT2D eigenvalue weighted by Crippen LogP contribution is 2.35. The molecule has 4 heteroatoms. The van der Waals surface area contributed by atoms with Crippen molar-refractivity contribution >= 4 is 12.0 Å². The molecule has 1 atom stereocenters. The number of amides is 2. The Morgan fingerprint density at radius 1 is 1.25 bits per heavy atom. The standard InChI is InChI=1S/C12H21NO3/c1-11(2,3)8-7-9(14)13(8)10(15)16-12(4,5)6/h8H,7H2,1-6H3/t8-/m1/s1. The molecule has 0 radical (unpaired) electrons. The Morgan fingerprint density at radius 3 is 2.06 bits per heavy atom. The Kier molecular flexibility index (Phi) is 3.05. The van der Waals surface area contributed by atoms with Gasteiger partial charge in [0.25, 0.3) is 0 Å². The van der Waals surface area contributed by atoms with Crippen LogP contribution in [0.4, 0.5) is 4.79 Å². The van der Waals surface area contributed by atoms with Crippen molar-refractivity contribution in [3.8, 4) is 0 Å². The lowest BCUT2D eigenvalue weighted by Gasteiger charge is -2.46. The fourth-order valence-corrected chi connectivity index (χ4v) is 1.65. The Balaban J connectivity index is 2.72. The number of hydrogen-bond acceptors (Lipinski definition) is 3. The van der Waals surface area contributed by atoms with Gasteiger partial charge in [-0.2, -0.15) is 0 Å². The highest BCUT2D eigenvalue weighted by Gasteiger charge is 2.48. The van der Waals surface area contributed by atoms with E-state index in [4.69, 9.17) is 4.74 Å². The topological polar surface area (TPSA) is 46.6 Å². The van der Waals surface area contributed by atoms with Gasteiger partial charge in [-0.1, -0.05) is 20.8 Å². The minimum absolute atomic E-state index is 0.0464. The number of nitrogens with zero attached hydrogens (tertiary/aromatic N) is 1. The fourth-order valence-electron chi connectivity index (χ4n) is 1.65. The molecule has 1 aliphatic heterocycles. The number of hydrogen-bond donors (Lipinski definition) is 0. The van der Waals surface area contributed by atoms with Gasteiger partial charge in [0.1, 0.15) is 5.60 Å². The molecule has 1 aliphatic rings. The maximum Gasteiger partial charge on any atom is 0.417 e. The van der Waals surface area contributed by atoms with Crippen molar-refractivity contribution < 1.29 is 14.3 Å². The fraction of sp³-hybridized carbons (Fsp3) is 0.833. The molecule has 0 bridgehead atoms. The number of imide groups is 1. The second kappa shape index (κ2) is 3.75. The summed E-state index contributed by atoms with van der Waals surface area (Å²) in [6.45, 7) is 11.4. The number of likely N-dealkylation sites (tertiary alicyclic amines) is 1. The van der Waals surface area contributed by atoms with Gasteiger partial charge in [0, 0.05) is 6.42 Å². The smallest absolute Gasteiger partial charge is 0.417 e. The van der Waals surface area contributed by atoms with Crippen LogP contribution in [0.5, 0.6) is 0 Å². The zero-order valence-corrected chi connectivity index (χ0v) is 11.0. The van der Waals surface area contributed by atoms with Crippen LogP contribution >= 0.6 is 0 Å². The van der Waals surface area contributed by atoms with Gasteiger partial charge in [-0.15, -0.1) is 0 Å². The quantitative estimate of drug-likeness (QED) is 0.597. The average molecular weight is 227 g/mol. The van der Waals surface area contributed by atoms with Crippen LogP contribution in [0, 0.1) is 5.41 Å². The van der Waals surface area contributed by atoms with Gasteiger partial charge in [0.2, 0.25) is 5.91 Å². The van der Waals surface area contributed by atoms with Gasteiger partial charge in [-0.25, -0.2) is 9.69 Å². The summed E-state index contributed by atoms with van der Waals surface area (Å²) in [4.78, 5) is 24.5. The molecule has 0 aromatic rings. The molecule has 0 unspecified atom stereocenters. The van der Waals surface area contributed by atoms with E-state index in [2.05, 4.69) is 0 Å². The lowest BCUT2D eigenvalue weighted by molar-refractivity contribution is -0.149. The van der Waals surface area contributed by atoms with Crippen molar-refractivity contribution in [1.29, 1.82) is 0 Å². The maximum absolute atomic E-state index is 11.8. The van der Waals surface area contributed by atoms with Crippen molar-refractivity contribution in [2.75, 3.05) is 0 Å². The molecule has 16 heavy (non-hydrogen) atoms. The summed E-state index contributed by atoms with van der Waals surface area (Å²) >= 11 is 0. The first-order chi connectivity index (χ1) is 7.02. The Morgan fingerprint density at radius 2 is 1.75 bits per heavy atom.